The van der Waals surface area contributed by atoms with E-state index < -0.39 is 24.0 Å². The fourth-order valence-electron chi connectivity index (χ4n) is 5.55. The van der Waals surface area contributed by atoms with Crippen molar-refractivity contribution in [3.05, 3.63) is 108 Å². The van der Waals surface area contributed by atoms with Crippen LogP contribution >= 0.6 is 0 Å². The van der Waals surface area contributed by atoms with Crippen LogP contribution in [-0.4, -0.2) is 198 Å². The van der Waals surface area contributed by atoms with E-state index in [1.165, 1.54) is 83.8 Å². The van der Waals surface area contributed by atoms with Crippen molar-refractivity contribution in [3.8, 4) is 0 Å². The first-order valence-corrected chi connectivity index (χ1v) is 34.3. The minimum atomic E-state index is -0.861. The highest BCUT2D eigenvalue weighted by Crippen LogP contribution is 2.17. The van der Waals surface area contributed by atoms with Gasteiger partial charge in [0.05, 0.1) is 0 Å². The summed E-state index contributed by atoms with van der Waals surface area (Å²) in [7, 11) is 12.2. The van der Waals surface area contributed by atoms with Crippen LogP contribution in [0.15, 0.2) is 91.0 Å². The molecule has 638 valence electrons. The molecule has 1 aliphatic rings. The van der Waals surface area contributed by atoms with E-state index in [-0.39, 0.29) is 48.7 Å². The molecule has 106 heavy (non-hydrogen) atoms. The van der Waals surface area contributed by atoms with Crippen molar-refractivity contribution in [2.45, 2.75) is 227 Å². The van der Waals surface area contributed by atoms with Gasteiger partial charge in [-0.05, 0) is 129 Å². The van der Waals surface area contributed by atoms with Gasteiger partial charge in [-0.2, -0.15) is 0 Å². The molecule has 0 aromatic heterocycles. The second kappa shape index (κ2) is 168. The van der Waals surface area contributed by atoms with Gasteiger partial charge in [0.2, 0.25) is 23.6 Å². The van der Waals surface area contributed by atoms with E-state index in [4.69, 9.17) is 48.3 Å². The minimum Gasteiger partial charge on any atom is -0.394 e. The lowest BCUT2D eigenvalue weighted by Crippen LogP contribution is -2.58. The largest absolute Gasteiger partial charge is 0.394 e. The Kier molecular flexibility index (Phi) is 260. The highest BCUT2D eigenvalue weighted by atomic mass is 16.3. The number of likely N-dealkylation sites (N-methyl/N-ethyl adjacent to an activating group) is 2. The first-order chi connectivity index (χ1) is 49.4. The van der Waals surface area contributed by atoms with Crippen molar-refractivity contribution in [2.75, 3.05) is 69.5 Å². The smallest absolute Gasteiger partial charge is 0.246 e. The van der Waals surface area contributed by atoms with Gasteiger partial charge >= 0.3 is 0 Å². The summed E-state index contributed by atoms with van der Waals surface area (Å²) in [6, 6.07) is 27.1. The molecule has 3 aromatic rings. The lowest BCUT2D eigenvalue weighted by molar-refractivity contribution is -0.147. The van der Waals surface area contributed by atoms with Crippen molar-refractivity contribution in [1.82, 2.24) is 38.5 Å². The van der Waals surface area contributed by atoms with Gasteiger partial charge in [-0.3, -0.25) is 19.2 Å². The SMILES string of the molecule is C=O.C=O.C=O.C=O.C=O.C=O.C=O.C=O.C=O.CC.CC.CC(=O)N(C)[C@@H](Cc1ccccc1)C(=O)N(C)[C@@H](Cc1ccccc1)C(=O)N[C@@H](C)C(=O)N1CCCCC1.CC(C)C.CC(C)O.CCC(C)C.CCC(C)C.CCC(C)C.CCc1ccccc1.CN.CN.CN.CN.CN.CN.N.N.N. The Labute approximate surface area is 650 Å². The summed E-state index contributed by atoms with van der Waals surface area (Å²) in [4.78, 5) is 129. The third-order valence-electron chi connectivity index (χ3n) is 11.0. The molecule has 0 unspecified atom stereocenters. The maximum Gasteiger partial charge on any atom is 0.246 e. The number of benzene rings is 3. The minimum absolute atomic E-state index is 0. The summed E-state index contributed by atoms with van der Waals surface area (Å²) in [5, 5.41) is 10.9. The second-order valence-corrected chi connectivity index (χ2v) is 20.2. The van der Waals surface area contributed by atoms with Crippen molar-refractivity contribution in [3.63, 3.8) is 0 Å². The van der Waals surface area contributed by atoms with Gasteiger partial charge in [-0.1, -0.05) is 228 Å². The molecule has 1 aliphatic heterocycles. The highest BCUT2D eigenvalue weighted by Gasteiger charge is 2.36. The number of carbonyl (C=O) groups is 13. The molecule has 0 radical (unpaired) electrons. The summed E-state index contributed by atoms with van der Waals surface area (Å²) < 4.78 is 0. The van der Waals surface area contributed by atoms with Gasteiger partial charge in [0.1, 0.15) is 79.2 Å². The molecule has 3 aromatic carbocycles. The molecule has 3 atom stereocenters. The molecule has 0 spiro atoms. The van der Waals surface area contributed by atoms with Crippen LogP contribution in [0.3, 0.4) is 0 Å². The average Bonchev–Trinajstić information content (AvgIpc) is 0.822. The number of hydrogen-bond acceptors (Lipinski definition) is 23. The highest BCUT2D eigenvalue weighted by molar-refractivity contribution is 5.94. The number of carbonyl (C=O) groups excluding carboxylic acids is 13. The predicted molar refractivity (Wildman–Crippen MR) is 459 cm³/mol. The number of nitrogens with two attached hydrogens (primary N) is 6. The number of nitrogens with one attached hydrogen (secondary N) is 1. The molecule has 1 fully saturated rings. The molecule has 0 aliphatic carbocycles. The van der Waals surface area contributed by atoms with Gasteiger partial charge in [0, 0.05) is 53.1 Å². The van der Waals surface area contributed by atoms with Crippen molar-refractivity contribution >= 4 is 84.7 Å². The van der Waals surface area contributed by atoms with Crippen molar-refractivity contribution < 1.29 is 67.4 Å². The molecule has 27 heteroatoms. The quantitative estimate of drug-likeness (QED) is 0.0714. The fourth-order valence-corrected chi connectivity index (χ4v) is 5.55. The van der Waals surface area contributed by atoms with E-state index >= 15 is 0 Å². The van der Waals surface area contributed by atoms with Crippen molar-refractivity contribution in [1.29, 1.82) is 0 Å². The van der Waals surface area contributed by atoms with Crippen LogP contribution in [0.2, 0.25) is 0 Å². The molecule has 4 amide bonds. The van der Waals surface area contributed by atoms with Crippen LogP contribution in [0.4, 0.5) is 0 Å². The van der Waals surface area contributed by atoms with Crippen LogP contribution in [0, 0.1) is 23.7 Å². The summed E-state index contributed by atoms with van der Waals surface area (Å²) in [5.41, 5.74) is 30.2. The fraction of sp³-hybridized carbons (Fsp3) is 0.608. The average molecular weight is 1530 g/mol. The van der Waals surface area contributed by atoms with Gasteiger partial charge < -0.3 is 121 Å². The third kappa shape index (κ3) is 150. The number of likely N-dealkylation sites (tertiary alicyclic amines) is 1. The van der Waals surface area contributed by atoms with E-state index in [0.29, 0.717) is 19.5 Å². The first kappa shape index (κ1) is 164. The topological polar surface area (TPSA) is 525 Å². The Morgan fingerprint density at radius 2 is 0.623 bits per heavy atom. The monoisotopic (exact) mass is 1530 g/mol. The Morgan fingerprint density at radius 1 is 0.415 bits per heavy atom. The predicted octanol–water partition coefficient (Wildman–Crippen LogP) is 11.4. The van der Waals surface area contributed by atoms with E-state index in [1.54, 1.807) is 39.8 Å². The van der Waals surface area contributed by atoms with Gasteiger partial charge in [-0.25, -0.2) is 0 Å². The first-order valence-electron chi connectivity index (χ1n) is 34.3. The molecule has 1 saturated heterocycles. The number of aliphatic hydroxyl groups is 1. The normalized spacial score (nSPS) is 9.12. The summed E-state index contributed by atoms with van der Waals surface area (Å²) in [6.45, 7) is 62.5. The standard InChI is InChI=1S/C30H40N4O4.C8H10.3C5H12.C4H10.C3H8O.2C2H6.6CH5N.9CH2O.3H3N/c1-22(29(37)34-18-12-7-13-19-34)31-28(36)26(20-24-14-8-5-9-15-24)33(4)30(38)27(32(3)23(2)35)21-25-16-10-6-11-17-25;1-2-8-6-4-3-5-7-8;3*1-4-5(2)3;1-4(2)3;1-3(2)4;17*1-2;;;/h5-6,8-11,14-17,22,26-27H,7,12-13,18-21H2,1-4H3,(H,31,36);3-7H,2H2,1H3;3*5H,4H2,1-3H3;4H,1-3H3;3-4H,1-2H3;2*1-2H3;6*2H2,1H3;9*1H2;3*1H3/t22-,26-,27-;;;;;;;;;;;;;;;;;;;;;;;;;;/m0........................../s1. The maximum absolute atomic E-state index is 13.9. The van der Waals surface area contributed by atoms with Gasteiger partial charge in [-0.15, -0.1) is 0 Å². The third-order valence-corrected chi connectivity index (χ3v) is 11.0. The van der Waals surface area contributed by atoms with E-state index in [2.05, 4.69) is 154 Å². The maximum atomic E-state index is 13.9. The zero-order chi connectivity index (χ0) is 87.5. The molecular weight excluding hydrogens is 1350 g/mol. The summed E-state index contributed by atoms with van der Waals surface area (Å²) in [5.74, 6) is 2.41. The molecule has 0 bridgehead atoms. The zero-order valence-corrected chi connectivity index (χ0v) is 73.1. The molecule has 27 nitrogen and oxygen atoms in total. The van der Waals surface area contributed by atoms with Gasteiger partial charge in [0.25, 0.3) is 0 Å². The number of amides is 4. The second-order valence-electron chi connectivity index (χ2n) is 20.2. The Balaban J connectivity index is -0.0000000400. The summed E-state index contributed by atoms with van der Waals surface area (Å²) >= 11 is 0. The molecule has 0 saturated carbocycles. The zero-order valence-electron chi connectivity index (χ0n) is 73.1. The van der Waals surface area contributed by atoms with Crippen LogP contribution in [-0.2, 0) is 81.6 Å². The molecule has 23 N–H and O–H groups in total. The lowest BCUT2D eigenvalue weighted by Gasteiger charge is -2.35. The van der Waals surface area contributed by atoms with Crippen molar-refractivity contribution in [2.24, 2.45) is 58.1 Å². The number of aryl methyl sites for hydroxylation is 1. The Hall–Kier alpha value is -7.83. The summed E-state index contributed by atoms with van der Waals surface area (Å²) in [6.07, 6.45) is 8.53. The molecular formula is C79H173N13O14. The van der Waals surface area contributed by atoms with Crippen LogP contribution < -0.4 is 58.2 Å². The Bertz CT molecular complexity index is 1830. The molecule has 1 heterocycles. The Morgan fingerprint density at radius 3 is 0.811 bits per heavy atom. The number of hydrogen-bond donors (Lipinski definition) is 11. The van der Waals surface area contributed by atoms with E-state index in [1.807, 2.05) is 156 Å². The number of nitrogens with zero attached hydrogens (tertiary/aromatic N) is 3. The number of rotatable bonds is 14. The number of piperidine rings is 1. The van der Waals surface area contributed by atoms with Crippen LogP contribution in [0.1, 0.15) is 201 Å². The molecule has 4 rings (SSSR count). The lowest BCUT2D eigenvalue weighted by atomic mass is 10.00. The van der Waals surface area contributed by atoms with Crippen LogP contribution in [0.5, 0.6) is 0 Å². The number of aliphatic hydroxyl groups excluding tert-OH is 1. The van der Waals surface area contributed by atoms with E-state index in [0.717, 1.165) is 60.5 Å². The van der Waals surface area contributed by atoms with E-state index in [9.17, 15) is 19.2 Å². The van der Waals surface area contributed by atoms with Crippen LogP contribution in [0.25, 0.3) is 0 Å². The van der Waals surface area contributed by atoms with Gasteiger partial charge in [0.15, 0.2) is 0 Å².